The zero-order chi connectivity index (χ0) is 18.1. The molecule has 0 saturated carbocycles. The Bertz CT molecular complexity index is 916. The molecule has 1 atom stereocenters. The number of fused-ring (bicyclic) bond motifs is 4. The summed E-state index contributed by atoms with van der Waals surface area (Å²) in [6, 6.07) is 12.5. The van der Waals surface area contributed by atoms with Crippen molar-refractivity contribution < 1.29 is 4.79 Å². The van der Waals surface area contributed by atoms with Crippen molar-refractivity contribution >= 4 is 22.6 Å². The fraction of sp³-hybridized carbons (Fsp3) is 0.273. The number of nitrogens with zero attached hydrogens (tertiary/aromatic N) is 1. The minimum Gasteiger partial charge on any atom is -0.303 e. The number of rotatable bonds is 3. The predicted molar refractivity (Wildman–Crippen MR) is 108 cm³/mol. The molecule has 1 aliphatic carbocycles. The Labute approximate surface area is 158 Å². The molecule has 3 nitrogen and oxygen atoms in total. The quantitative estimate of drug-likeness (QED) is 0.644. The van der Waals surface area contributed by atoms with E-state index in [1.807, 2.05) is 31.2 Å². The van der Waals surface area contributed by atoms with Crippen molar-refractivity contribution in [2.45, 2.75) is 43.5 Å². The van der Waals surface area contributed by atoms with Gasteiger partial charge >= 0.3 is 0 Å². The second-order valence-corrected chi connectivity index (χ2v) is 7.92. The number of aryl methyl sites for hydroxylation is 3. The zero-order valence-electron chi connectivity index (χ0n) is 14.9. The number of carbonyl (C=O) groups excluding carboxylic acids is 1. The number of ketones is 1. The van der Waals surface area contributed by atoms with E-state index in [4.69, 9.17) is 0 Å². The molecule has 0 radical (unpaired) electrons. The molecule has 0 aromatic heterocycles. The number of nitrogens with one attached hydrogen (secondary N) is 1. The number of carbonyl (C=O) groups is 1. The maximum Gasteiger partial charge on any atom is 0.194 e. The lowest BCUT2D eigenvalue weighted by Crippen LogP contribution is -2.20. The molecule has 1 aliphatic heterocycles. The van der Waals surface area contributed by atoms with Crippen molar-refractivity contribution in [3.63, 3.8) is 0 Å². The second-order valence-electron chi connectivity index (χ2n) is 6.84. The number of hydrazone groups is 1. The average molecular weight is 362 g/mol. The summed E-state index contributed by atoms with van der Waals surface area (Å²) in [5.74, 6) is 0.158. The molecule has 0 amide bonds. The van der Waals surface area contributed by atoms with E-state index in [2.05, 4.69) is 35.3 Å². The van der Waals surface area contributed by atoms with E-state index in [1.165, 1.54) is 5.56 Å². The van der Waals surface area contributed by atoms with Gasteiger partial charge in [0, 0.05) is 22.4 Å². The van der Waals surface area contributed by atoms with E-state index in [-0.39, 0.29) is 11.8 Å². The van der Waals surface area contributed by atoms with Crippen LogP contribution in [0.25, 0.3) is 0 Å². The summed E-state index contributed by atoms with van der Waals surface area (Å²) < 4.78 is 0. The molecule has 2 aromatic rings. The smallest absolute Gasteiger partial charge is 0.194 e. The van der Waals surface area contributed by atoms with Crippen LogP contribution in [0.15, 0.2) is 59.1 Å². The first-order valence-corrected chi connectivity index (χ1v) is 9.89. The van der Waals surface area contributed by atoms with E-state index in [0.717, 1.165) is 57.9 Å². The lowest BCUT2D eigenvalue weighted by atomic mass is 9.95. The molecule has 4 rings (SSSR count). The van der Waals surface area contributed by atoms with Crippen LogP contribution in [0.2, 0.25) is 0 Å². The minimum atomic E-state index is 0.130. The molecule has 0 spiro atoms. The molecule has 0 saturated heterocycles. The summed E-state index contributed by atoms with van der Waals surface area (Å²) in [4.78, 5) is 14.4. The number of benzene rings is 2. The van der Waals surface area contributed by atoms with Gasteiger partial charge in [0.2, 0.25) is 0 Å². The number of thioether (sulfide) groups is 1. The predicted octanol–water partition coefficient (Wildman–Crippen LogP) is 4.53. The Balaban J connectivity index is 1.75. The zero-order valence-corrected chi connectivity index (χ0v) is 15.7. The SMILES string of the molecule is C=CC(C)N/N=C1\CCc2ccc3c(c2S1)C(=O)c1ccccc1CC3. The van der Waals surface area contributed by atoms with Crippen molar-refractivity contribution in [3.8, 4) is 0 Å². The molecule has 132 valence electrons. The summed E-state index contributed by atoms with van der Waals surface area (Å²) in [7, 11) is 0. The van der Waals surface area contributed by atoms with Crippen molar-refractivity contribution in [1.82, 2.24) is 5.43 Å². The highest BCUT2D eigenvalue weighted by atomic mass is 32.2. The third kappa shape index (κ3) is 3.10. The topological polar surface area (TPSA) is 41.5 Å². The van der Waals surface area contributed by atoms with Crippen LogP contribution in [-0.4, -0.2) is 16.9 Å². The summed E-state index contributed by atoms with van der Waals surface area (Å²) in [5.41, 5.74) is 8.43. The van der Waals surface area contributed by atoms with Gasteiger partial charge in [0.05, 0.1) is 11.1 Å². The lowest BCUT2D eigenvalue weighted by Gasteiger charge is -2.22. The van der Waals surface area contributed by atoms with Crippen LogP contribution in [-0.2, 0) is 19.3 Å². The normalized spacial score (nSPS) is 18.3. The second kappa shape index (κ2) is 7.12. The third-order valence-electron chi connectivity index (χ3n) is 5.05. The van der Waals surface area contributed by atoms with Gasteiger partial charge in [-0.2, -0.15) is 5.10 Å². The number of hydrogen-bond donors (Lipinski definition) is 1. The minimum absolute atomic E-state index is 0.130. The van der Waals surface area contributed by atoms with E-state index in [0.29, 0.717) is 0 Å². The summed E-state index contributed by atoms with van der Waals surface area (Å²) >= 11 is 1.64. The van der Waals surface area contributed by atoms with Crippen molar-refractivity contribution in [2.24, 2.45) is 5.10 Å². The maximum absolute atomic E-state index is 13.3. The average Bonchev–Trinajstić information content (AvgIpc) is 2.83. The van der Waals surface area contributed by atoms with Crippen LogP contribution in [0.4, 0.5) is 0 Å². The van der Waals surface area contributed by atoms with Crippen molar-refractivity contribution in [2.75, 3.05) is 0 Å². The van der Waals surface area contributed by atoms with Gasteiger partial charge in [0.15, 0.2) is 5.78 Å². The van der Waals surface area contributed by atoms with Crippen LogP contribution >= 0.6 is 11.8 Å². The van der Waals surface area contributed by atoms with Crippen molar-refractivity contribution in [1.29, 1.82) is 0 Å². The highest BCUT2D eigenvalue weighted by Gasteiger charge is 2.28. The van der Waals surface area contributed by atoms with Gasteiger partial charge in [-0.1, -0.05) is 54.2 Å². The Morgan fingerprint density at radius 2 is 1.81 bits per heavy atom. The van der Waals surface area contributed by atoms with Gasteiger partial charge in [0.1, 0.15) is 0 Å². The Hall–Kier alpha value is -2.33. The van der Waals surface area contributed by atoms with Gasteiger partial charge in [-0.25, -0.2) is 0 Å². The fourth-order valence-corrected chi connectivity index (χ4v) is 4.68. The van der Waals surface area contributed by atoms with Gasteiger partial charge in [0.25, 0.3) is 0 Å². The first-order valence-electron chi connectivity index (χ1n) is 9.07. The van der Waals surface area contributed by atoms with Crippen LogP contribution in [0.3, 0.4) is 0 Å². The molecule has 1 N–H and O–H groups in total. The van der Waals surface area contributed by atoms with Gasteiger partial charge in [-0.15, -0.1) is 6.58 Å². The maximum atomic E-state index is 13.3. The molecule has 0 fully saturated rings. The Kier molecular flexibility index (Phi) is 4.68. The Morgan fingerprint density at radius 1 is 1.08 bits per heavy atom. The first-order chi connectivity index (χ1) is 12.7. The molecular weight excluding hydrogens is 340 g/mol. The number of hydrogen-bond acceptors (Lipinski definition) is 4. The molecule has 4 heteroatoms. The third-order valence-corrected chi connectivity index (χ3v) is 6.25. The highest BCUT2D eigenvalue weighted by Crippen LogP contribution is 2.39. The molecule has 1 heterocycles. The van der Waals surface area contributed by atoms with E-state index in [1.54, 1.807) is 11.8 Å². The van der Waals surface area contributed by atoms with E-state index >= 15 is 0 Å². The lowest BCUT2D eigenvalue weighted by molar-refractivity contribution is 0.103. The van der Waals surface area contributed by atoms with Gasteiger partial charge < -0.3 is 5.43 Å². The van der Waals surface area contributed by atoms with Gasteiger partial charge in [-0.3, -0.25) is 4.79 Å². The largest absolute Gasteiger partial charge is 0.303 e. The van der Waals surface area contributed by atoms with Crippen LogP contribution in [0, 0.1) is 0 Å². The van der Waals surface area contributed by atoms with Crippen molar-refractivity contribution in [3.05, 3.63) is 76.9 Å². The van der Waals surface area contributed by atoms with Crippen LogP contribution in [0.1, 0.15) is 46.0 Å². The van der Waals surface area contributed by atoms with Crippen LogP contribution < -0.4 is 5.43 Å². The molecule has 2 aliphatic rings. The van der Waals surface area contributed by atoms with E-state index < -0.39 is 0 Å². The van der Waals surface area contributed by atoms with E-state index in [9.17, 15) is 4.79 Å². The monoisotopic (exact) mass is 362 g/mol. The molecule has 2 aromatic carbocycles. The molecule has 1 unspecified atom stereocenters. The fourth-order valence-electron chi connectivity index (χ4n) is 3.52. The highest BCUT2D eigenvalue weighted by molar-refractivity contribution is 8.14. The van der Waals surface area contributed by atoms with Crippen LogP contribution in [0.5, 0.6) is 0 Å². The summed E-state index contributed by atoms with van der Waals surface area (Å²) in [6.45, 7) is 5.80. The molecular formula is C22H22N2OS. The first kappa shape index (κ1) is 17.1. The summed E-state index contributed by atoms with van der Waals surface area (Å²) in [6.07, 6.45) is 5.48. The molecule has 0 bridgehead atoms. The Morgan fingerprint density at radius 3 is 2.65 bits per heavy atom. The van der Waals surface area contributed by atoms with Gasteiger partial charge in [-0.05, 0) is 42.9 Å². The standard InChI is InChI=1S/C22H22N2OS/c1-3-14(2)23-24-19-13-12-17-11-10-16-9-8-15-6-4-5-7-18(15)21(25)20(16)22(17)26-19/h3-7,10-11,14,23H,1,8-9,12-13H2,2H3/b24-19+. The molecule has 26 heavy (non-hydrogen) atoms. The summed E-state index contributed by atoms with van der Waals surface area (Å²) in [5, 5.41) is 5.57.